The Balaban J connectivity index is 1.71. The molecule has 2 rings (SSSR count). The third-order valence-corrected chi connectivity index (χ3v) is 5.43. The van der Waals surface area contributed by atoms with Crippen LogP contribution in [0.2, 0.25) is 0 Å². The normalized spacial score (nSPS) is 12.9. The van der Waals surface area contributed by atoms with Crippen LogP contribution in [-0.4, -0.2) is 36.0 Å². The summed E-state index contributed by atoms with van der Waals surface area (Å²) in [4.78, 5) is 0. The van der Waals surface area contributed by atoms with Gasteiger partial charge in [-0.15, -0.1) is 0 Å². The summed E-state index contributed by atoms with van der Waals surface area (Å²) in [5.41, 5.74) is 2.23. The van der Waals surface area contributed by atoms with Crippen LogP contribution in [0.3, 0.4) is 0 Å². The molecule has 9 heteroatoms. The van der Waals surface area contributed by atoms with Gasteiger partial charge in [0.2, 0.25) is 20.0 Å². The van der Waals surface area contributed by atoms with Gasteiger partial charge in [0.05, 0.1) is 19.1 Å². The van der Waals surface area contributed by atoms with Crippen molar-refractivity contribution in [2.45, 2.75) is 26.2 Å². The molecule has 0 aliphatic carbocycles. The van der Waals surface area contributed by atoms with E-state index in [1.165, 1.54) is 0 Å². The van der Waals surface area contributed by atoms with E-state index in [1.54, 1.807) is 36.4 Å². The molecule has 0 spiro atoms. The summed E-state index contributed by atoms with van der Waals surface area (Å²) in [6.45, 7) is 2.75. The van der Waals surface area contributed by atoms with E-state index in [2.05, 4.69) is 16.4 Å². The molecule has 0 saturated heterocycles. The molecule has 0 aliphatic rings. The predicted octanol–water partition coefficient (Wildman–Crippen LogP) is 3.47. The lowest BCUT2D eigenvalue weighted by Crippen LogP contribution is -2.09. The number of ether oxygens (including phenoxy) is 1. The second kappa shape index (κ2) is 9.98. The standard InChI is InChI=1S/C20H28N2O5S2/c1-16(4-5-17-6-8-18(9-7-17)21-28(2,23)24)14-15-27-20-12-10-19(11-13-20)22-29(3,25)26/h6-13,16,21-22H,4-5,14-15H2,1-3H3. The van der Waals surface area contributed by atoms with Gasteiger partial charge >= 0.3 is 0 Å². The van der Waals surface area contributed by atoms with Crippen LogP contribution < -0.4 is 14.2 Å². The number of anilines is 2. The Morgan fingerprint density at radius 3 is 1.76 bits per heavy atom. The van der Waals surface area contributed by atoms with Crippen LogP contribution in [0.1, 0.15) is 25.3 Å². The Morgan fingerprint density at radius 2 is 1.28 bits per heavy atom. The first-order chi connectivity index (χ1) is 13.5. The number of nitrogens with one attached hydrogen (secondary N) is 2. The van der Waals surface area contributed by atoms with Crippen LogP contribution in [0.4, 0.5) is 11.4 Å². The molecule has 29 heavy (non-hydrogen) atoms. The highest BCUT2D eigenvalue weighted by Crippen LogP contribution is 2.19. The van der Waals surface area contributed by atoms with Crippen molar-refractivity contribution in [3.63, 3.8) is 0 Å². The van der Waals surface area contributed by atoms with Gasteiger partial charge in [0.1, 0.15) is 5.75 Å². The molecular formula is C20H28N2O5S2. The van der Waals surface area contributed by atoms with E-state index in [-0.39, 0.29) is 0 Å². The van der Waals surface area contributed by atoms with E-state index in [0.29, 0.717) is 29.6 Å². The Hall–Kier alpha value is -2.26. The quantitative estimate of drug-likeness (QED) is 0.557. The third kappa shape index (κ3) is 9.67. The van der Waals surface area contributed by atoms with Crippen LogP contribution in [0.25, 0.3) is 0 Å². The van der Waals surface area contributed by atoms with Crippen molar-refractivity contribution in [1.82, 2.24) is 0 Å². The predicted molar refractivity (Wildman–Crippen MR) is 117 cm³/mol. The first-order valence-electron chi connectivity index (χ1n) is 9.27. The van der Waals surface area contributed by atoms with E-state index in [1.807, 2.05) is 12.1 Å². The second-order valence-corrected chi connectivity index (χ2v) is 10.7. The maximum atomic E-state index is 11.2. The van der Waals surface area contributed by atoms with Crippen LogP contribution >= 0.6 is 0 Å². The van der Waals surface area contributed by atoms with Crippen molar-refractivity contribution in [1.29, 1.82) is 0 Å². The molecule has 0 heterocycles. The van der Waals surface area contributed by atoms with Crippen molar-refractivity contribution in [3.8, 4) is 5.75 Å². The summed E-state index contributed by atoms with van der Waals surface area (Å²) in [5, 5.41) is 0. The molecule has 0 saturated carbocycles. The fourth-order valence-corrected chi connectivity index (χ4v) is 3.85. The lowest BCUT2D eigenvalue weighted by atomic mass is 9.98. The van der Waals surface area contributed by atoms with Crippen LogP contribution in [0.5, 0.6) is 5.75 Å². The van der Waals surface area contributed by atoms with Gasteiger partial charge in [0, 0.05) is 11.4 Å². The van der Waals surface area contributed by atoms with Crippen molar-refractivity contribution < 1.29 is 21.6 Å². The largest absolute Gasteiger partial charge is 0.494 e. The molecule has 0 aromatic heterocycles. The zero-order valence-electron chi connectivity index (χ0n) is 16.9. The van der Waals surface area contributed by atoms with Crippen LogP contribution in [0, 0.1) is 5.92 Å². The minimum absolute atomic E-state index is 0.468. The molecule has 1 atom stereocenters. The maximum Gasteiger partial charge on any atom is 0.229 e. The Labute approximate surface area is 173 Å². The number of rotatable bonds is 11. The summed E-state index contributed by atoms with van der Waals surface area (Å²) < 4.78 is 55.4. The van der Waals surface area contributed by atoms with Gasteiger partial charge in [-0.2, -0.15) is 0 Å². The Bertz CT molecular complexity index is 986. The van der Waals surface area contributed by atoms with Gasteiger partial charge in [0.15, 0.2) is 0 Å². The van der Waals surface area contributed by atoms with Crippen molar-refractivity contribution in [2.75, 3.05) is 28.6 Å². The fraction of sp³-hybridized carbons (Fsp3) is 0.400. The zero-order chi connectivity index (χ0) is 21.5. The monoisotopic (exact) mass is 440 g/mol. The van der Waals surface area contributed by atoms with Crippen LogP contribution in [-0.2, 0) is 26.5 Å². The summed E-state index contributed by atoms with van der Waals surface area (Å²) in [5.74, 6) is 1.17. The minimum atomic E-state index is -3.28. The number of benzene rings is 2. The molecule has 0 radical (unpaired) electrons. The molecule has 0 amide bonds. The average Bonchev–Trinajstić information content (AvgIpc) is 2.60. The van der Waals surface area contributed by atoms with Gasteiger partial charge in [-0.1, -0.05) is 19.1 Å². The molecule has 2 aromatic rings. The zero-order valence-corrected chi connectivity index (χ0v) is 18.5. The van der Waals surface area contributed by atoms with Gasteiger partial charge in [-0.25, -0.2) is 16.8 Å². The summed E-state index contributed by atoms with van der Waals surface area (Å²) >= 11 is 0. The lowest BCUT2D eigenvalue weighted by molar-refractivity contribution is 0.279. The number of aryl methyl sites for hydroxylation is 1. The summed E-state index contributed by atoms with van der Waals surface area (Å²) in [6, 6.07) is 14.2. The fourth-order valence-electron chi connectivity index (χ4n) is 2.72. The highest BCUT2D eigenvalue weighted by Gasteiger charge is 2.06. The first-order valence-corrected chi connectivity index (χ1v) is 13.1. The second-order valence-electron chi connectivity index (χ2n) is 7.25. The van der Waals surface area contributed by atoms with Crippen molar-refractivity contribution >= 4 is 31.4 Å². The summed E-state index contributed by atoms with van der Waals surface area (Å²) in [7, 11) is -6.53. The van der Waals surface area contributed by atoms with Crippen molar-refractivity contribution in [3.05, 3.63) is 54.1 Å². The van der Waals surface area contributed by atoms with E-state index in [9.17, 15) is 16.8 Å². The highest BCUT2D eigenvalue weighted by atomic mass is 32.2. The molecule has 0 aliphatic heterocycles. The third-order valence-electron chi connectivity index (χ3n) is 4.22. The number of hydrogen-bond acceptors (Lipinski definition) is 5. The van der Waals surface area contributed by atoms with Gasteiger partial charge in [-0.05, 0) is 67.1 Å². The van der Waals surface area contributed by atoms with Crippen LogP contribution in [0.15, 0.2) is 48.5 Å². The molecular weight excluding hydrogens is 412 g/mol. The van der Waals surface area contributed by atoms with E-state index in [0.717, 1.165) is 37.3 Å². The average molecular weight is 441 g/mol. The molecule has 2 aromatic carbocycles. The SMILES string of the molecule is CC(CCOc1ccc(NS(C)(=O)=O)cc1)CCc1ccc(NS(C)(=O)=O)cc1. The Morgan fingerprint density at radius 1 is 0.793 bits per heavy atom. The molecule has 1 unspecified atom stereocenters. The van der Waals surface area contributed by atoms with Gasteiger partial charge < -0.3 is 4.74 Å². The maximum absolute atomic E-state index is 11.2. The van der Waals surface area contributed by atoms with Crippen molar-refractivity contribution in [2.24, 2.45) is 5.92 Å². The number of hydrogen-bond donors (Lipinski definition) is 2. The first kappa shape index (κ1) is 23.0. The molecule has 2 N–H and O–H groups in total. The van der Waals surface area contributed by atoms with E-state index >= 15 is 0 Å². The smallest absolute Gasteiger partial charge is 0.229 e. The highest BCUT2D eigenvalue weighted by molar-refractivity contribution is 7.92. The van der Waals surface area contributed by atoms with E-state index in [4.69, 9.17) is 4.74 Å². The molecule has 7 nitrogen and oxygen atoms in total. The molecule has 0 bridgehead atoms. The summed E-state index contributed by atoms with van der Waals surface area (Å²) in [6.07, 6.45) is 5.05. The topological polar surface area (TPSA) is 102 Å². The molecule has 0 fully saturated rings. The van der Waals surface area contributed by atoms with E-state index < -0.39 is 20.0 Å². The Kier molecular flexibility index (Phi) is 7.92. The van der Waals surface area contributed by atoms with Gasteiger partial charge in [0.25, 0.3) is 0 Å². The number of sulfonamides is 2. The van der Waals surface area contributed by atoms with Gasteiger partial charge in [-0.3, -0.25) is 9.44 Å². The molecule has 160 valence electrons. The minimum Gasteiger partial charge on any atom is -0.494 e. The lowest BCUT2D eigenvalue weighted by Gasteiger charge is -2.13.